The number of carbonyl (C=O) groups excluding carboxylic acids is 2. The van der Waals surface area contributed by atoms with E-state index in [9.17, 15) is 9.59 Å². The fraction of sp³-hybridized carbons (Fsp3) is 0.917. The average molecular weight is 389 g/mol. The molecule has 0 spiro atoms. The topological polar surface area (TPSA) is 55.9 Å². The van der Waals surface area contributed by atoms with Crippen LogP contribution in [-0.4, -0.2) is 30.6 Å². The van der Waals surface area contributed by atoms with Gasteiger partial charge in [-0.2, -0.15) is 0 Å². The van der Waals surface area contributed by atoms with Gasteiger partial charge in [0.15, 0.2) is 5.78 Å². The number of ether oxygens (including phenoxy) is 2. The number of ketones is 1. The molecule has 1 heterocycles. The molecule has 4 aliphatic carbocycles. The highest BCUT2D eigenvalue weighted by molar-refractivity contribution is 5.87. The Kier molecular flexibility index (Phi) is 4.29. The van der Waals surface area contributed by atoms with Crippen molar-refractivity contribution in [3.05, 3.63) is 0 Å². The predicted molar refractivity (Wildman–Crippen MR) is 105 cm³/mol. The molecule has 5 fully saturated rings. The van der Waals surface area contributed by atoms with Gasteiger partial charge in [-0.15, -0.1) is 0 Å². The molecule has 1 unspecified atom stereocenters. The van der Waals surface area contributed by atoms with Gasteiger partial charge in [-0.25, -0.2) is 0 Å². The third-order valence-electron chi connectivity index (χ3n) is 10.1. The minimum absolute atomic E-state index is 0.0756. The standard InChI is InChI=1S/C24H36O4/c1-13(12-27-14(2)25)17-7-8-18-16-6-5-15-11-20(26)21-22(28-21)24(15,4)19(16)9-10-23(17,18)3/h13,15-19,21-22H,5-12H2,1-4H3/t13?,15-,16-,17+,18-,19-,21-,22-,23+,24-/m0/s1. The van der Waals surface area contributed by atoms with Gasteiger partial charge in [-0.3, -0.25) is 9.59 Å². The first-order valence-electron chi connectivity index (χ1n) is 11.6. The Hall–Kier alpha value is -0.900. The van der Waals surface area contributed by atoms with Gasteiger partial charge >= 0.3 is 5.97 Å². The second-order valence-electron chi connectivity index (χ2n) is 11.2. The van der Waals surface area contributed by atoms with E-state index in [2.05, 4.69) is 20.8 Å². The Morgan fingerprint density at radius 2 is 1.96 bits per heavy atom. The number of carbonyl (C=O) groups is 2. The molecule has 4 saturated carbocycles. The number of rotatable bonds is 3. The quantitative estimate of drug-likeness (QED) is 0.531. The van der Waals surface area contributed by atoms with E-state index in [1.807, 2.05) is 0 Å². The summed E-state index contributed by atoms with van der Waals surface area (Å²) in [6.07, 6.45) is 8.53. The Labute approximate surface area is 169 Å². The summed E-state index contributed by atoms with van der Waals surface area (Å²) < 4.78 is 11.3. The predicted octanol–water partition coefficient (Wildman–Crippen LogP) is 4.40. The SMILES string of the molecule is CC(=O)OCC(C)[C@H]1CC[C@H]2[C@@H]3CC[C@H]4CC(=O)[C@@H]5O[C@@H]5[C@]4(C)[C@H]3CC[C@]12C. The fourth-order valence-corrected chi connectivity index (χ4v) is 8.76. The maximum atomic E-state index is 12.3. The summed E-state index contributed by atoms with van der Waals surface area (Å²) in [5.74, 6) is 4.11. The zero-order chi connectivity index (χ0) is 19.8. The maximum absolute atomic E-state index is 12.3. The number of fused-ring (bicyclic) bond motifs is 7. The van der Waals surface area contributed by atoms with Crippen LogP contribution >= 0.6 is 0 Å². The van der Waals surface area contributed by atoms with Crippen LogP contribution in [0.3, 0.4) is 0 Å². The first-order chi connectivity index (χ1) is 13.3. The van der Waals surface area contributed by atoms with Gasteiger partial charge in [0.25, 0.3) is 0 Å². The molecule has 0 aromatic heterocycles. The van der Waals surface area contributed by atoms with Gasteiger partial charge in [0.05, 0.1) is 12.7 Å². The minimum atomic E-state index is -0.160. The molecule has 156 valence electrons. The van der Waals surface area contributed by atoms with Crippen LogP contribution in [-0.2, 0) is 19.1 Å². The summed E-state index contributed by atoms with van der Waals surface area (Å²) in [5.41, 5.74) is 0.586. The van der Waals surface area contributed by atoms with Crippen molar-refractivity contribution in [2.75, 3.05) is 6.61 Å². The van der Waals surface area contributed by atoms with Crippen molar-refractivity contribution in [2.45, 2.75) is 84.8 Å². The van der Waals surface area contributed by atoms with Crippen LogP contribution in [0.1, 0.15) is 72.6 Å². The van der Waals surface area contributed by atoms with Crippen molar-refractivity contribution >= 4 is 11.8 Å². The molecular formula is C24H36O4. The molecule has 0 radical (unpaired) electrons. The molecule has 4 nitrogen and oxygen atoms in total. The highest BCUT2D eigenvalue weighted by Gasteiger charge is 2.69. The molecule has 28 heavy (non-hydrogen) atoms. The highest BCUT2D eigenvalue weighted by Crippen LogP contribution is 2.70. The van der Waals surface area contributed by atoms with E-state index in [0.29, 0.717) is 35.6 Å². The zero-order valence-corrected chi connectivity index (χ0v) is 17.9. The van der Waals surface area contributed by atoms with Crippen LogP contribution in [0.4, 0.5) is 0 Å². The Morgan fingerprint density at radius 1 is 1.18 bits per heavy atom. The van der Waals surface area contributed by atoms with Crippen LogP contribution in [0.2, 0.25) is 0 Å². The first kappa shape index (κ1) is 19.1. The second kappa shape index (κ2) is 6.30. The van der Waals surface area contributed by atoms with E-state index in [0.717, 1.165) is 24.2 Å². The highest BCUT2D eigenvalue weighted by atomic mass is 16.6. The van der Waals surface area contributed by atoms with E-state index in [1.54, 1.807) is 0 Å². The number of Topliss-reactive ketones (excluding diaryl/α,β-unsaturated/α-hetero) is 1. The first-order valence-corrected chi connectivity index (χ1v) is 11.6. The lowest BCUT2D eigenvalue weighted by Gasteiger charge is -2.59. The summed E-state index contributed by atoms with van der Waals surface area (Å²) in [5, 5.41) is 0. The molecule has 0 aromatic carbocycles. The molecule has 1 saturated heterocycles. The Balaban J connectivity index is 1.37. The molecule has 1 aliphatic heterocycles. The normalized spacial score (nSPS) is 52.7. The van der Waals surface area contributed by atoms with Gasteiger partial charge in [0.1, 0.15) is 6.10 Å². The van der Waals surface area contributed by atoms with E-state index >= 15 is 0 Å². The molecule has 5 rings (SSSR count). The van der Waals surface area contributed by atoms with Gasteiger partial charge in [0, 0.05) is 18.8 Å². The van der Waals surface area contributed by atoms with E-state index in [4.69, 9.17) is 9.47 Å². The zero-order valence-electron chi connectivity index (χ0n) is 17.9. The largest absolute Gasteiger partial charge is 0.466 e. The lowest BCUT2D eigenvalue weighted by molar-refractivity contribution is -0.144. The number of epoxide rings is 1. The van der Waals surface area contributed by atoms with E-state index in [1.165, 1.54) is 45.4 Å². The summed E-state index contributed by atoms with van der Waals surface area (Å²) in [6, 6.07) is 0. The van der Waals surface area contributed by atoms with Crippen molar-refractivity contribution < 1.29 is 19.1 Å². The second-order valence-corrected chi connectivity index (χ2v) is 11.2. The van der Waals surface area contributed by atoms with Crippen molar-refractivity contribution in [1.29, 1.82) is 0 Å². The summed E-state index contributed by atoms with van der Waals surface area (Å²) in [7, 11) is 0. The average Bonchev–Trinajstić information content (AvgIpc) is 3.38. The number of hydrogen-bond donors (Lipinski definition) is 0. The number of hydrogen-bond acceptors (Lipinski definition) is 4. The fourth-order valence-electron chi connectivity index (χ4n) is 8.76. The van der Waals surface area contributed by atoms with Crippen molar-refractivity contribution in [3.8, 4) is 0 Å². The van der Waals surface area contributed by atoms with E-state index in [-0.39, 0.29) is 23.6 Å². The third kappa shape index (κ3) is 2.52. The Morgan fingerprint density at radius 3 is 2.71 bits per heavy atom. The summed E-state index contributed by atoms with van der Waals surface area (Å²) in [4.78, 5) is 23.6. The van der Waals surface area contributed by atoms with Crippen molar-refractivity contribution in [1.82, 2.24) is 0 Å². The van der Waals surface area contributed by atoms with Crippen LogP contribution < -0.4 is 0 Å². The number of esters is 1. The molecule has 5 aliphatic rings. The van der Waals surface area contributed by atoms with Gasteiger partial charge in [-0.1, -0.05) is 20.8 Å². The van der Waals surface area contributed by atoms with E-state index < -0.39 is 0 Å². The monoisotopic (exact) mass is 388 g/mol. The molecule has 0 N–H and O–H groups in total. The van der Waals surface area contributed by atoms with Crippen LogP contribution in [0.5, 0.6) is 0 Å². The van der Waals surface area contributed by atoms with Gasteiger partial charge < -0.3 is 9.47 Å². The molecule has 0 amide bonds. The van der Waals surface area contributed by atoms with Crippen molar-refractivity contribution in [3.63, 3.8) is 0 Å². The van der Waals surface area contributed by atoms with Gasteiger partial charge in [0.2, 0.25) is 0 Å². The lowest BCUT2D eigenvalue weighted by atomic mass is 9.44. The molecule has 4 heteroatoms. The summed E-state index contributed by atoms with van der Waals surface area (Å²) in [6.45, 7) is 9.35. The molecular weight excluding hydrogens is 352 g/mol. The summed E-state index contributed by atoms with van der Waals surface area (Å²) >= 11 is 0. The molecule has 10 atom stereocenters. The smallest absolute Gasteiger partial charge is 0.302 e. The Bertz CT molecular complexity index is 688. The van der Waals surface area contributed by atoms with Crippen molar-refractivity contribution in [2.24, 2.45) is 46.3 Å². The molecule has 0 bridgehead atoms. The minimum Gasteiger partial charge on any atom is -0.466 e. The van der Waals surface area contributed by atoms with Crippen LogP contribution in [0.15, 0.2) is 0 Å². The molecule has 0 aromatic rings. The maximum Gasteiger partial charge on any atom is 0.302 e. The lowest BCUT2D eigenvalue weighted by Crippen LogP contribution is -2.56. The van der Waals surface area contributed by atoms with Crippen LogP contribution in [0, 0.1) is 46.3 Å². The third-order valence-corrected chi connectivity index (χ3v) is 10.1. The van der Waals surface area contributed by atoms with Crippen LogP contribution in [0.25, 0.3) is 0 Å². The van der Waals surface area contributed by atoms with Gasteiger partial charge in [-0.05, 0) is 79.4 Å².